The van der Waals surface area contributed by atoms with Crippen LogP contribution in [0.3, 0.4) is 0 Å². The van der Waals surface area contributed by atoms with Gasteiger partial charge in [-0.25, -0.2) is 0 Å². The number of rotatable bonds is 7. The lowest BCUT2D eigenvalue weighted by Crippen LogP contribution is -2.35. The van der Waals surface area contributed by atoms with Crippen LogP contribution in [0.2, 0.25) is 0 Å². The average molecular weight is 247 g/mol. The quantitative estimate of drug-likeness (QED) is 0.684. The van der Waals surface area contributed by atoms with Gasteiger partial charge >= 0.3 is 0 Å². The molecule has 0 aliphatic heterocycles. The molecule has 0 heterocycles. The number of nitrogens with one attached hydrogen (secondary N) is 2. The van der Waals surface area contributed by atoms with E-state index in [-0.39, 0.29) is 12.5 Å². The molecule has 0 bridgehead atoms. The first-order valence-corrected chi connectivity index (χ1v) is 5.71. The lowest BCUT2D eigenvalue weighted by Gasteiger charge is -2.06. The van der Waals surface area contributed by atoms with Crippen LogP contribution in [0.4, 0.5) is 0 Å². The first kappa shape index (κ1) is 14.2. The number of amides is 1. The van der Waals surface area contributed by atoms with Gasteiger partial charge in [0, 0.05) is 20.2 Å². The highest BCUT2D eigenvalue weighted by Crippen LogP contribution is 2.02. The van der Waals surface area contributed by atoms with E-state index in [1.54, 1.807) is 19.2 Å². The number of nitriles is 1. The Morgan fingerprint density at radius 1 is 1.39 bits per heavy atom. The average Bonchev–Trinajstić information content (AvgIpc) is 2.40. The van der Waals surface area contributed by atoms with Crippen molar-refractivity contribution in [3.8, 4) is 6.07 Å². The summed E-state index contributed by atoms with van der Waals surface area (Å²) < 4.78 is 4.83. The highest BCUT2D eigenvalue weighted by Gasteiger charge is 2.00. The summed E-state index contributed by atoms with van der Waals surface area (Å²) in [5.74, 6) is -0.0549. The molecule has 0 aliphatic carbocycles. The molecule has 0 atom stereocenters. The molecule has 5 heteroatoms. The van der Waals surface area contributed by atoms with Gasteiger partial charge in [0.2, 0.25) is 5.91 Å². The van der Waals surface area contributed by atoms with Gasteiger partial charge < -0.3 is 15.4 Å². The largest absolute Gasteiger partial charge is 0.383 e. The van der Waals surface area contributed by atoms with Gasteiger partial charge in [-0.1, -0.05) is 12.1 Å². The molecule has 1 rings (SSSR count). The fourth-order valence-corrected chi connectivity index (χ4v) is 1.37. The summed E-state index contributed by atoms with van der Waals surface area (Å²) in [6.45, 7) is 1.91. The summed E-state index contributed by atoms with van der Waals surface area (Å²) in [7, 11) is 1.59. The van der Waals surface area contributed by atoms with Gasteiger partial charge in [0.25, 0.3) is 0 Å². The number of hydrogen-bond donors (Lipinski definition) is 2. The molecule has 1 amide bonds. The summed E-state index contributed by atoms with van der Waals surface area (Å²) >= 11 is 0. The van der Waals surface area contributed by atoms with Crippen LogP contribution in [0.15, 0.2) is 24.3 Å². The number of hydrogen-bond acceptors (Lipinski definition) is 4. The Morgan fingerprint density at radius 2 is 2.11 bits per heavy atom. The normalized spacial score (nSPS) is 9.78. The van der Waals surface area contributed by atoms with Gasteiger partial charge in [-0.3, -0.25) is 4.79 Å². The monoisotopic (exact) mass is 247 g/mol. The van der Waals surface area contributed by atoms with Crippen LogP contribution < -0.4 is 10.6 Å². The molecule has 96 valence electrons. The summed E-state index contributed by atoms with van der Waals surface area (Å²) in [6, 6.07) is 9.32. The molecule has 0 fully saturated rings. The zero-order chi connectivity index (χ0) is 13.2. The second-order valence-corrected chi connectivity index (χ2v) is 3.76. The van der Waals surface area contributed by atoms with Crippen LogP contribution in [0.5, 0.6) is 0 Å². The van der Waals surface area contributed by atoms with Crippen molar-refractivity contribution in [3.05, 3.63) is 35.4 Å². The smallest absolute Gasteiger partial charge is 0.234 e. The molecule has 5 nitrogen and oxygen atoms in total. The topological polar surface area (TPSA) is 74.2 Å². The molecule has 0 saturated carbocycles. The zero-order valence-electron chi connectivity index (χ0n) is 10.4. The van der Waals surface area contributed by atoms with Crippen LogP contribution in [-0.2, 0) is 16.1 Å². The minimum absolute atomic E-state index is 0.0549. The Bertz CT molecular complexity index is 409. The third-order valence-electron chi connectivity index (χ3n) is 2.33. The van der Waals surface area contributed by atoms with E-state index in [2.05, 4.69) is 16.7 Å². The van der Waals surface area contributed by atoms with E-state index < -0.39 is 0 Å². The summed E-state index contributed by atoms with van der Waals surface area (Å²) in [4.78, 5) is 11.3. The molecule has 2 N–H and O–H groups in total. The highest BCUT2D eigenvalue weighted by atomic mass is 16.5. The second kappa shape index (κ2) is 8.23. The van der Waals surface area contributed by atoms with Gasteiger partial charge in [-0.2, -0.15) is 5.26 Å². The third-order valence-corrected chi connectivity index (χ3v) is 2.33. The van der Waals surface area contributed by atoms with Crippen LogP contribution in [-0.4, -0.2) is 32.7 Å². The Morgan fingerprint density at radius 3 is 2.72 bits per heavy atom. The van der Waals surface area contributed by atoms with E-state index in [1.165, 1.54) is 0 Å². The van der Waals surface area contributed by atoms with E-state index in [1.807, 2.05) is 12.1 Å². The van der Waals surface area contributed by atoms with Crippen LogP contribution in [0, 0.1) is 11.3 Å². The number of carbonyl (C=O) groups is 1. The van der Waals surface area contributed by atoms with Crippen LogP contribution in [0.25, 0.3) is 0 Å². The van der Waals surface area contributed by atoms with Crippen molar-refractivity contribution in [2.75, 3.05) is 26.8 Å². The minimum Gasteiger partial charge on any atom is -0.383 e. The molecule has 0 aliphatic rings. The van der Waals surface area contributed by atoms with Crippen LogP contribution >= 0.6 is 0 Å². The maximum Gasteiger partial charge on any atom is 0.234 e. The second-order valence-electron chi connectivity index (χ2n) is 3.76. The van der Waals surface area contributed by atoms with E-state index in [0.717, 1.165) is 5.56 Å². The number of nitrogens with zero attached hydrogens (tertiary/aromatic N) is 1. The number of ether oxygens (including phenoxy) is 1. The molecular weight excluding hydrogens is 230 g/mol. The Labute approximate surface area is 107 Å². The summed E-state index contributed by atoms with van der Waals surface area (Å²) in [5, 5.41) is 14.4. The van der Waals surface area contributed by atoms with E-state index in [4.69, 9.17) is 10.00 Å². The van der Waals surface area contributed by atoms with E-state index in [9.17, 15) is 4.79 Å². The predicted molar refractivity (Wildman–Crippen MR) is 67.7 cm³/mol. The predicted octanol–water partition coefficient (Wildman–Crippen LogP) is 0.410. The van der Waals surface area contributed by atoms with E-state index in [0.29, 0.717) is 25.3 Å². The van der Waals surface area contributed by atoms with Crippen molar-refractivity contribution >= 4 is 5.91 Å². The molecule has 1 aromatic rings. The van der Waals surface area contributed by atoms with Crippen molar-refractivity contribution in [1.29, 1.82) is 5.26 Å². The first-order chi connectivity index (χ1) is 8.76. The maximum atomic E-state index is 11.3. The number of benzene rings is 1. The molecule has 0 unspecified atom stereocenters. The Kier molecular flexibility index (Phi) is 6.47. The van der Waals surface area contributed by atoms with Crippen molar-refractivity contribution in [1.82, 2.24) is 10.6 Å². The minimum atomic E-state index is -0.0549. The van der Waals surface area contributed by atoms with Crippen molar-refractivity contribution in [3.63, 3.8) is 0 Å². The number of carbonyl (C=O) groups excluding carboxylic acids is 1. The third kappa shape index (κ3) is 5.43. The van der Waals surface area contributed by atoms with Crippen LogP contribution in [0.1, 0.15) is 11.1 Å². The fraction of sp³-hybridized carbons (Fsp3) is 0.385. The molecule has 0 saturated heterocycles. The fourth-order valence-electron chi connectivity index (χ4n) is 1.37. The van der Waals surface area contributed by atoms with Gasteiger partial charge in [0.15, 0.2) is 0 Å². The first-order valence-electron chi connectivity index (χ1n) is 5.71. The van der Waals surface area contributed by atoms with E-state index >= 15 is 0 Å². The van der Waals surface area contributed by atoms with Gasteiger partial charge in [-0.05, 0) is 17.7 Å². The Hall–Kier alpha value is -1.90. The Balaban J connectivity index is 2.20. The molecule has 1 aromatic carbocycles. The molecular formula is C13H17N3O2. The van der Waals surface area contributed by atoms with Gasteiger partial charge in [0.1, 0.15) is 0 Å². The number of methoxy groups -OCH3 is 1. The zero-order valence-corrected chi connectivity index (χ0v) is 10.4. The molecule has 0 aromatic heterocycles. The maximum absolute atomic E-state index is 11.3. The molecule has 0 spiro atoms. The van der Waals surface area contributed by atoms with Crippen molar-refractivity contribution in [2.24, 2.45) is 0 Å². The highest BCUT2D eigenvalue weighted by molar-refractivity contribution is 5.77. The van der Waals surface area contributed by atoms with Crippen molar-refractivity contribution < 1.29 is 9.53 Å². The summed E-state index contributed by atoms with van der Waals surface area (Å²) in [5.41, 5.74) is 1.68. The lowest BCUT2D eigenvalue weighted by molar-refractivity contribution is -0.120. The lowest BCUT2D eigenvalue weighted by atomic mass is 10.1. The summed E-state index contributed by atoms with van der Waals surface area (Å²) in [6.07, 6.45) is 0. The SMILES string of the molecule is COCCNC(=O)CNCc1ccc(C#N)cc1. The standard InChI is InChI=1S/C13H17N3O2/c1-18-7-6-16-13(17)10-15-9-12-4-2-11(8-14)3-5-12/h2-5,15H,6-7,9-10H2,1H3,(H,16,17). The van der Waals surface area contributed by atoms with Gasteiger partial charge in [-0.15, -0.1) is 0 Å². The molecule has 0 radical (unpaired) electrons. The van der Waals surface area contributed by atoms with Crippen molar-refractivity contribution in [2.45, 2.75) is 6.54 Å². The van der Waals surface area contributed by atoms with Gasteiger partial charge in [0.05, 0.1) is 24.8 Å². The molecule has 18 heavy (non-hydrogen) atoms.